The zero-order chi connectivity index (χ0) is 14.7. The summed E-state index contributed by atoms with van der Waals surface area (Å²) >= 11 is 0. The fourth-order valence-corrected chi connectivity index (χ4v) is 2.62. The highest BCUT2D eigenvalue weighted by atomic mass is 15.0. The molecule has 1 heterocycles. The van der Waals surface area contributed by atoms with Crippen molar-refractivity contribution in [1.29, 1.82) is 0 Å². The molecule has 3 heteroatoms. The lowest BCUT2D eigenvalue weighted by Gasteiger charge is -2.18. The Labute approximate surface area is 125 Å². The number of hydrogen-bond donors (Lipinski definition) is 1. The molecule has 1 atom stereocenters. The second-order valence-electron chi connectivity index (χ2n) is 5.13. The van der Waals surface area contributed by atoms with E-state index in [9.17, 15) is 0 Å². The van der Waals surface area contributed by atoms with Crippen molar-refractivity contribution in [2.75, 3.05) is 6.54 Å². The molecule has 21 heavy (non-hydrogen) atoms. The topological polar surface area (TPSA) is 37.8 Å². The van der Waals surface area contributed by atoms with Gasteiger partial charge in [-0.25, -0.2) is 9.97 Å². The summed E-state index contributed by atoms with van der Waals surface area (Å²) < 4.78 is 0. The first kappa shape index (κ1) is 13.7. The molecular formula is C18H19N3. The number of nitrogens with one attached hydrogen (secondary N) is 1. The molecule has 0 aliphatic rings. The zero-order valence-electron chi connectivity index (χ0n) is 12.4. The first-order valence-corrected chi connectivity index (χ1v) is 7.29. The fraction of sp³-hybridized carbons (Fsp3) is 0.222. The van der Waals surface area contributed by atoms with Gasteiger partial charge in [-0.2, -0.15) is 0 Å². The predicted octanol–water partition coefficient (Wildman–Crippen LogP) is 3.64. The van der Waals surface area contributed by atoms with Gasteiger partial charge in [-0.1, -0.05) is 43.3 Å². The van der Waals surface area contributed by atoms with Crippen LogP contribution in [-0.2, 0) is 0 Å². The molecule has 0 saturated carbocycles. The Morgan fingerprint density at radius 3 is 2.62 bits per heavy atom. The highest BCUT2D eigenvalue weighted by Crippen LogP contribution is 2.24. The smallest absolute Gasteiger partial charge is 0.125 e. The molecule has 0 amide bonds. The molecule has 106 valence electrons. The molecule has 2 aromatic carbocycles. The van der Waals surface area contributed by atoms with Crippen molar-refractivity contribution in [2.45, 2.75) is 19.9 Å². The van der Waals surface area contributed by atoms with Gasteiger partial charge in [0.25, 0.3) is 0 Å². The summed E-state index contributed by atoms with van der Waals surface area (Å²) in [5.74, 6) is 0.802. The standard InChI is InChI=1S/C18H19N3/c1-3-19-18(17-10-11-20-13(2)21-17)16-9-8-14-6-4-5-7-15(14)12-16/h4-12,18-19H,3H2,1-2H3. The van der Waals surface area contributed by atoms with Gasteiger partial charge in [0.05, 0.1) is 11.7 Å². The number of aryl methyl sites for hydroxylation is 1. The highest BCUT2D eigenvalue weighted by molar-refractivity contribution is 5.83. The lowest BCUT2D eigenvalue weighted by atomic mass is 9.99. The van der Waals surface area contributed by atoms with Gasteiger partial charge in [-0.3, -0.25) is 0 Å². The van der Waals surface area contributed by atoms with Gasteiger partial charge in [0.15, 0.2) is 0 Å². The van der Waals surface area contributed by atoms with Gasteiger partial charge in [0.2, 0.25) is 0 Å². The van der Waals surface area contributed by atoms with Crippen molar-refractivity contribution in [3.63, 3.8) is 0 Å². The second kappa shape index (κ2) is 6.02. The van der Waals surface area contributed by atoms with E-state index in [1.165, 1.54) is 16.3 Å². The Kier molecular flexibility index (Phi) is 3.93. The third-order valence-corrected chi connectivity index (χ3v) is 3.61. The molecule has 3 aromatic rings. The summed E-state index contributed by atoms with van der Waals surface area (Å²) in [6.07, 6.45) is 1.82. The number of hydrogen-bond acceptors (Lipinski definition) is 3. The third kappa shape index (κ3) is 2.93. The second-order valence-corrected chi connectivity index (χ2v) is 5.13. The summed E-state index contributed by atoms with van der Waals surface area (Å²) in [4.78, 5) is 8.76. The van der Waals surface area contributed by atoms with Crippen LogP contribution in [0.3, 0.4) is 0 Å². The Hall–Kier alpha value is -2.26. The number of benzene rings is 2. The maximum Gasteiger partial charge on any atom is 0.125 e. The molecule has 1 N–H and O–H groups in total. The molecule has 0 radical (unpaired) electrons. The van der Waals surface area contributed by atoms with E-state index < -0.39 is 0 Å². The molecular weight excluding hydrogens is 258 g/mol. The number of fused-ring (bicyclic) bond motifs is 1. The molecule has 0 aliphatic heterocycles. The summed E-state index contributed by atoms with van der Waals surface area (Å²) in [6, 6.07) is 17.1. The summed E-state index contributed by atoms with van der Waals surface area (Å²) in [7, 11) is 0. The van der Waals surface area contributed by atoms with Gasteiger partial charge in [0, 0.05) is 6.20 Å². The average molecular weight is 277 g/mol. The van der Waals surface area contributed by atoms with E-state index >= 15 is 0 Å². The Balaban J connectivity index is 2.06. The predicted molar refractivity (Wildman–Crippen MR) is 86.2 cm³/mol. The molecule has 1 aromatic heterocycles. The Bertz CT molecular complexity index is 752. The van der Waals surface area contributed by atoms with Crippen LogP contribution in [0.2, 0.25) is 0 Å². The molecule has 0 saturated heterocycles. The minimum atomic E-state index is 0.0984. The third-order valence-electron chi connectivity index (χ3n) is 3.61. The highest BCUT2D eigenvalue weighted by Gasteiger charge is 2.15. The van der Waals surface area contributed by atoms with Crippen molar-refractivity contribution in [1.82, 2.24) is 15.3 Å². The normalized spacial score (nSPS) is 12.5. The molecule has 0 fully saturated rings. The van der Waals surface area contributed by atoms with E-state index in [1.54, 1.807) is 0 Å². The number of nitrogens with zero attached hydrogens (tertiary/aromatic N) is 2. The van der Waals surface area contributed by atoms with Crippen LogP contribution in [0.4, 0.5) is 0 Å². The Morgan fingerprint density at radius 1 is 1.05 bits per heavy atom. The summed E-state index contributed by atoms with van der Waals surface area (Å²) in [5, 5.41) is 6.03. The zero-order valence-corrected chi connectivity index (χ0v) is 12.4. The van der Waals surface area contributed by atoms with Crippen LogP contribution in [0, 0.1) is 6.92 Å². The lowest BCUT2D eigenvalue weighted by Crippen LogP contribution is -2.23. The van der Waals surface area contributed by atoms with Crippen molar-refractivity contribution in [3.05, 3.63) is 71.8 Å². The summed E-state index contributed by atoms with van der Waals surface area (Å²) in [5.41, 5.74) is 2.24. The average Bonchev–Trinajstić information content (AvgIpc) is 2.52. The van der Waals surface area contributed by atoms with Crippen LogP contribution in [0.5, 0.6) is 0 Å². The number of aromatic nitrogens is 2. The SMILES string of the molecule is CCNC(c1ccc2ccccc2c1)c1ccnc(C)n1. The van der Waals surface area contributed by atoms with Crippen molar-refractivity contribution >= 4 is 10.8 Å². The van der Waals surface area contributed by atoms with Gasteiger partial charge in [-0.05, 0) is 41.9 Å². The van der Waals surface area contributed by atoms with Gasteiger partial charge < -0.3 is 5.32 Å². The van der Waals surface area contributed by atoms with E-state index in [0.717, 1.165) is 18.1 Å². The molecule has 0 aliphatic carbocycles. The van der Waals surface area contributed by atoms with Crippen LogP contribution in [0.1, 0.15) is 30.0 Å². The van der Waals surface area contributed by atoms with Crippen LogP contribution in [0.15, 0.2) is 54.7 Å². The molecule has 3 nitrogen and oxygen atoms in total. The largest absolute Gasteiger partial charge is 0.305 e. The Morgan fingerprint density at radius 2 is 1.86 bits per heavy atom. The van der Waals surface area contributed by atoms with E-state index in [-0.39, 0.29) is 6.04 Å². The first-order chi connectivity index (χ1) is 10.3. The molecule has 0 spiro atoms. The van der Waals surface area contributed by atoms with Crippen molar-refractivity contribution in [3.8, 4) is 0 Å². The van der Waals surface area contributed by atoms with Crippen molar-refractivity contribution in [2.24, 2.45) is 0 Å². The number of rotatable bonds is 4. The fourth-order valence-electron chi connectivity index (χ4n) is 2.62. The van der Waals surface area contributed by atoms with E-state index in [0.29, 0.717) is 0 Å². The van der Waals surface area contributed by atoms with E-state index in [4.69, 9.17) is 0 Å². The van der Waals surface area contributed by atoms with Crippen LogP contribution >= 0.6 is 0 Å². The van der Waals surface area contributed by atoms with Crippen LogP contribution in [0.25, 0.3) is 10.8 Å². The first-order valence-electron chi connectivity index (χ1n) is 7.29. The van der Waals surface area contributed by atoms with E-state index in [1.807, 2.05) is 19.2 Å². The maximum atomic E-state index is 4.57. The van der Waals surface area contributed by atoms with Gasteiger partial charge >= 0.3 is 0 Å². The lowest BCUT2D eigenvalue weighted by molar-refractivity contribution is 0.612. The van der Waals surface area contributed by atoms with Gasteiger partial charge in [0.1, 0.15) is 5.82 Å². The summed E-state index contributed by atoms with van der Waals surface area (Å²) in [6.45, 7) is 4.93. The molecule has 3 rings (SSSR count). The molecule has 0 bridgehead atoms. The van der Waals surface area contributed by atoms with E-state index in [2.05, 4.69) is 64.7 Å². The van der Waals surface area contributed by atoms with Crippen LogP contribution < -0.4 is 5.32 Å². The molecule has 1 unspecified atom stereocenters. The minimum absolute atomic E-state index is 0.0984. The monoisotopic (exact) mass is 277 g/mol. The quantitative estimate of drug-likeness (QED) is 0.791. The van der Waals surface area contributed by atoms with Crippen molar-refractivity contribution < 1.29 is 0 Å². The minimum Gasteiger partial charge on any atom is -0.305 e. The van der Waals surface area contributed by atoms with Crippen LogP contribution in [-0.4, -0.2) is 16.5 Å². The van der Waals surface area contributed by atoms with Gasteiger partial charge in [-0.15, -0.1) is 0 Å². The maximum absolute atomic E-state index is 4.57.